The van der Waals surface area contributed by atoms with Crippen molar-refractivity contribution in [2.24, 2.45) is 0 Å². The zero-order chi connectivity index (χ0) is 24.8. The normalized spacial score (nSPS) is 11.4. The summed E-state index contributed by atoms with van der Waals surface area (Å²) in [5.74, 6) is 0.366. The molecule has 0 saturated heterocycles. The van der Waals surface area contributed by atoms with Crippen molar-refractivity contribution in [3.05, 3.63) is 70.9 Å². The van der Waals surface area contributed by atoms with Gasteiger partial charge in [-0.25, -0.2) is 19.3 Å². The number of fused-ring (bicyclic) bond motifs is 2. The zero-order valence-corrected chi connectivity index (χ0v) is 20.7. The van der Waals surface area contributed by atoms with Crippen molar-refractivity contribution in [3.63, 3.8) is 0 Å². The van der Waals surface area contributed by atoms with Gasteiger partial charge in [0.25, 0.3) is 5.19 Å². The van der Waals surface area contributed by atoms with E-state index in [4.69, 9.17) is 19.0 Å². The molecule has 0 bridgehead atoms. The largest absolute Gasteiger partial charge is 0.486 e. The maximum absolute atomic E-state index is 11.1. The molecule has 0 aliphatic carbocycles. The van der Waals surface area contributed by atoms with Crippen LogP contribution in [0.25, 0.3) is 38.0 Å². The highest BCUT2D eigenvalue weighted by molar-refractivity contribution is 7.18. The number of carboxylic acids is 1. The highest BCUT2D eigenvalue weighted by Crippen LogP contribution is 2.36. The SMILES string of the molecule is COc1nn2cc(-c3cc4c(OCc5csc(-c6ccc(C(=O)O)cc6)n5)cc(C)cc4o3)nc2s1. The second kappa shape index (κ2) is 8.77. The molecule has 0 radical (unpaired) electrons. The summed E-state index contributed by atoms with van der Waals surface area (Å²) in [6.45, 7) is 2.27. The summed E-state index contributed by atoms with van der Waals surface area (Å²) in [6.07, 6.45) is 1.80. The molecule has 0 amide bonds. The number of hydrogen-bond donors (Lipinski definition) is 1. The van der Waals surface area contributed by atoms with Gasteiger partial charge in [-0.1, -0.05) is 12.1 Å². The van der Waals surface area contributed by atoms with Crippen LogP contribution in [0.5, 0.6) is 10.9 Å². The average Bonchev–Trinajstić information content (AvgIpc) is 3.64. The Morgan fingerprint density at radius 2 is 2.00 bits per heavy atom. The van der Waals surface area contributed by atoms with Gasteiger partial charge in [0, 0.05) is 10.9 Å². The number of furan rings is 1. The third-order valence-corrected chi connectivity index (χ3v) is 7.33. The number of hydrogen-bond acceptors (Lipinski definition) is 9. The Morgan fingerprint density at radius 3 is 2.75 bits per heavy atom. The fourth-order valence-electron chi connectivity index (χ4n) is 3.78. The van der Waals surface area contributed by atoms with Crippen LogP contribution < -0.4 is 9.47 Å². The van der Waals surface area contributed by atoms with Gasteiger partial charge in [0.2, 0.25) is 4.96 Å². The van der Waals surface area contributed by atoms with Crippen LogP contribution in [-0.2, 0) is 6.61 Å². The molecule has 0 spiro atoms. The van der Waals surface area contributed by atoms with Gasteiger partial charge in [-0.3, -0.25) is 0 Å². The molecule has 0 atom stereocenters. The lowest BCUT2D eigenvalue weighted by molar-refractivity contribution is 0.0697. The van der Waals surface area contributed by atoms with Crippen LogP contribution >= 0.6 is 22.7 Å². The Bertz CT molecular complexity index is 1700. The number of aryl methyl sites for hydroxylation is 1. The number of rotatable bonds is 7. The predicted molar refractivity (Wildman–Crippen MR) is 136 cm³/mol. The smallest absolute Gasteiger partial charge is 0.335 e. The molecule has 0 saturated carbocycles. The summed E-state index contributed by atoms with van der Waals surface area (Å²) in [4.78, 5) is 21.0. The third kappa shape index (κ3) is 4.08. The third-order valence-electron chi connectivity index (χ3n) is 5.50. The van der Waals surface area contributed by atoms with Crippen LogP contribution in [0.4, 0.5) is 0 Å². The lowest BCUT2D eigenvalue weighted by atomic mass is 10.1. The lowest BCUT2D eigenvalue weighted by Crippen LogP contribution is -1.97. The van der Waals surface area contributed by atoms with E-state index in [0.717, 1.165) is 27.2 Å². The predicted octanol–water partition coefficient (Wildman–Crippen LogP) is 5.92. The minimum atomic E-state index is -0.953. The second-order valence-corrected chi connectivity index (χ2v) is 9.80. The van der Waals surface area contributed by atoms with Gasteiger partial charge in [0.05, 0.1) is 30.0 Å². The number of imidazole rings is 1. The van der Waals surface area contributed by atoms with Gasteiger partial charge in [-0.2, -0.15) is 0 Å². The van der Waals surface area contributed by atoms with Gasteiger partial charge in [-0.05, 0) is 54.2 Å². The molecule has 1 N–H and O–H groups in total. The maximum Gasteiger partial charge on any atom is 0.335 e. The molecule has 4 heterocycles. The van der Waals surface area contributed by atoms with Crippen molar-refractivity contribution in [2.45, 2.75) is 13.5 Å². The first kappa shape index (κ1) is 22.3. The van der Waals surface area contributed by atoms with Gasteiger partial charge in [0.1, 0.15) is 28.6 Å². The first-order valence-corrected chi connectivity index (χ1v) is 12.5. The Balaban J connectivity index is 1.24. The van der Waals surface area contributed by atoms with Crippen molar-refractivity contribution >= 4 is 44.6 Å². The lowest BCUT2D eigenvalue weighted by Gasteiger charge is -2.06. The van der Waals surface area contributed by atoms with Crippen LogP contribution in [0, 0.1) is 6.92 Å². The zero-order valence-electron chi connectivity index (χ0n) is 19.1. The van der Waals surface area contributed by atoms with E-state index in [9.17, 15) is 4.79 Å². The van der Waals surface area contributed by atoms with Gasteiger partial charge in [-0.15, -0.1) is 16.4 Å². The highest BCUT2D eigenvalue weighted by Gasteiger charge is 2.17. The van der Waals surface area contributed by atoms with E-state index in [1.165, 1.54) is 22.7 Å². The number of aromatic carboxylic acids is 1. The van der Waals surface area contributed by atoms with E-state index in [-0.39, 0.29) is 12.2 Å². The fourth-order valence-corrected chi connectivity index (χ4v) is 5.29. The first-order valence-electron chi connectivity index (χ1n) is 10.8. The van der Waals surface area contributed by atoms with E-state index in [0.29, 0.717) is 32.9 Å². The Hall–Kier alpha value is -4.22. The van der Waals surface area contributed by atoms with Crippen molar-refractivity contribution < 1.29 is 23.8 Å². The summed E-state index contributed by atoms with van der Waals surface area (Å²) in [6, 6.07) is 12.5. The number of carbonyl (C=O) groups is 1. The van der Waals surface area contributed by atoms with Crippen molar-refractivity contribution in [1.29, 1.82) is 0 Å². The minimum absolute atomic E-state index is 0.244. The van der Waals surface area contributed by atoms with Crippen molar-refractivity contribution in [1.82, 2.24) is 19.6 Å². The molecule has 9 nitrogen and oxygen atoms in total. The van der Waals surface area contributed by atoms with E-state index < -0.39 is 5.97 Å². The summed E-state index contributed by atoms with van der Waals surface area (Å²) >= 11 is 2.84. The Kier molecular flexibility index (Phi) is 5.42. The van der Waals surface area contributed by atoms with Crippen molar-refractivity contribution in [3.8, 4) is 33.0 Å². The highest BCUT2D eigenvalue weighted by atomic mass is 32.1. The van der Waals surface area contributed by atoms with E-state index >= 15 is 0 Å². The average molecular weight is 519 g/mol. The van der Waals surface area contributed by atoms with Crippen molar-refractivity contribution in [2.75, 3.05) is 7.11 Å². The molecule has 4 aromatic heterocycles. The number of nitrogens with zero attached hydrogens (tertiary/aromatic N) is 4. The minimum Gasteiger partial charge on any atom is -0.486 e. The number of thiazole rings is 1. The van der Waals surface area contributed by atoms with Gasteiger partial charge >= 0.3 is 5.97 Å². The molecule has 180 valence electrons. The number of ether oxygens (including phenoxy) is 2. The molecule has 6 aromatic rings. The van der Waals surface area contributed by atoms with Gasteiger partial charge < -0.3 is 19.0 Å². The molecule has 11 heteroatoms. The number of benzene rings is 2. The maximum atomic E-state index is 11.1. The molecular weight excluding hydrogens is 500 g/mol. The fraction of sp³-hybridized carbons (Fsp3) is 0.120. The Labute approximate surface area is 212 Å². The monoisotopic (exact) mass is 518 g/mol. The molecule has 0 fully saturated rings. The molecule has 0 aliphatic rings. The van der Waals surface area contributed by atoms with Crippen LogP contribution in [0.15, 0.2) is 58.5 Å². The molecule has 36 heavy (non-hydrogen) atoms. The molecule has 2 aromatic carbocycles. The van der Waals surface area contributed by atoms with Crippen LogP contribution in [-0.4, -0.2) is 37.8 Å². The number of carboxylic acid groups (broad SMARTS) is 1. The number of aromatic nitrogens is 4. The standard InChI is InChI=1S/C25H18N4O5S2/c1-13-7-19(33-11-16-12-35-22(26-16)14-3-5-15(6-4-14)23(30)31)17-9-21(34-20(17)8-13)18-10-29-24(27-18)36-25(28-29)32-2/h3-10,12H,11H2,1-2H3,(H,30,31). The quantitative estimate of drug-likeness (QED) is 0.277. The van der Waals surface area contributed by atoms with Crippen LogP contribution in [0.3, 0.4) is 0 Å². The second-order valence-electron chi connectivity index (χ2n) is 8.03. The summed E-state index contributed by atoms with van der Waals surface area (Å²) in [5.41, 5.74) is 4.28. The summed E-state index contributed by atoms with van der Waals surface area (Å²) in [7, 11) is 1.58. The van der Waals surface area contributed by atoms with E-state index in [1.54, 1.807) is 42.1 Å². The van der Waals surface area contributed by atoms with Crippen LogP contribution in [0.1, 0.15) is 21.6 Å². The number of methoxy groups -OCH3 is 1. The van der Waals surface area contributed by atoms with E-state index in [1.807, 2.05) is 30.5 Å². The summed E-state index contributed by atoms with van der Waals surface area (Å²) in [5, 5.41) is 17.5. The Morgan fingerprint density at radius 1 is 1.17 bits per heavy atom. The van der Waals surface area contributed by atoms with E-state index in [2.05, 4.69) is 15.1 Å². The topological polar surface area (TPSA) is 112 Å². The molecule has 0 unspecified atom stereocenters. The first-order chi connectivity index (χ1) is 17.5. The molecule has 0 aliphatic heterocycles. The van der Waals surface area contributed by atoms with Gasteiger partial charge in [0.15, 0.2) is 5.76 Å². The molecular formula is C25H18N4O5S2. The summed E-state index contributed by atoms with van der Waals surface area (Å²) < 4.78 is 19.1. The molecule has 6 rings (SSSR count). The van der Waals surface area contributed by atoms with Crippen LogP contribution in [0.2, 0.25) is 0 Å².